The van der Waals surface area contributed by atoms with E-state index in [-0.39, 0.29) is 0 Å². The van der Waals surface area contributed by atoms with Crippen LogP contribution in [0.4, 0.5) is 0 Å². The third-order valence-corrected chi connectivity index (χ3v) is 3.27. The van der Waals surface area contributed by atoms with Gasteiger partial charge in [0, 0.05) is 18.4 Å². The SMILES string of the molecule is CC(N)CSCCC1CCCO1. The van der Waals surface area contributed by atoms with Gasteiger partial charge in [-0.3, -0.25) is 0 Å². The van der Waals surface area contributed by atoms with Gasteiger partial charge < -0.3 is 10.5 Å². The van der Waals surface area contributed by atoms with E-state index in [0.29, 0.717) is 12.1 Å². The molecule has 0 radical (unpaired) electrons. The van der Waals surface area contributed by atoms with Crippen LogP contribution in [0.1, 0.15) is 26.2 Å². The third-order valence-electron chi connectivity index (χ3n) is 1.99. The quantitative estimate of drug-likeness (QED) is 0.668. The van der Waals surface area contributed by atoms with Crippen molar-refractivity contribution in [1.29, 1.82) is 0 Å². The summed E-state index contributed by atoms with van der Waals surface area (Å²) in [4.78, 5) is 0. The van der Waals surface area contributed by atoms with Crippen LogP contribution in [-0.4, -0.2) is 30.3 Å². The van der Waals surface area contributed by atoms with Crippen molar-refractivity contribution in [3.8, 4) is 0 Å². The van der Waals surface area contributed by atoms with E-state index in [1.807, 2.05) is 11.8 Å². The Kier molecular flexibility index (Phi) is 5.04. The molecule has 0 aromatic heterocycles. The number of rotatable bonds is 5. The lowest BCUT2D eigenvalue weighted by Gasteiger charge is -2.09. The molecule has 0 spiro atoms. The standard InChI is InChI=1S/C9H19NOS/c1-8(10)7-12-6-4-9-3-2-5-11-9/h8-9H,2-7,10H2,1H3. The van der Waals surface area contributed by atoms with Crippen LogP contribution in [0, 0.1) is 0 Å². The van der Waals surface area contributed by atoms with Gasteiger partial charge in [0.25, 0.3) is 0 Å². The summed E-state index contributed by atoms with van der Waals surface area (Å²) < 4.78 is 5.52. The van der Waals surface area contributed by atoms with E-state index in [4.69, 9.17) is 10.5 Å². The minimum atomic E-state index is 0.333. The summed E-state index contributed by atoms with van der Waals surface area (Å²) in [6.45, 7) is 3.03. The highest BCUT2D eigenvalue weighted by molar-refractivity contribution is 7.99. The summed E-state index contributed by atoms with van der Waals surface area (Å²) in [7, 11) is 0. The van der Waals surface area contributed by atoms with Crippen LogP contribution >= 0.6 is 11.8 Å². The molecule has 1 rings (SSSR count). The number of hydrogen-bond acceptors (Lipinski definition) is 3. The van der Waals surface area contributed by atoms with Crippen molar-refractivity contribution in [2.75, 3.05) is 18.1 Å². The summed E-state index contributed by atoms with van der Waals surface area (Å²) >= 11 is 1.94. The van der Waals surface area contributed by atoms with Crippen molar-refractivity contribution >= 4 is 11.8 Å². The molecule has 2 N–H and O–H groups in total. The zero-order valence-electron chi connectivity index (χ0n) is 7.79. The molecule has 1 fully saturated rings. The Hall–Kier alpha value is 0.270. The molecule has 1 heterocycles. The Bertz CT molecular complexity index is 113. The summed E-state index contributed by atoms with van der Waals surface area (Å²) in [5.74, 6) is 2.28. The maximum absolute atomic E-state index is 5.63. The number of ether oxygens (including phenoxy) is 1. The Balaban J connectivity index is 1.88. The zero-order valence-corrected chi connectivity index (χ0v) is 8.61. The lowest BCUT2D eigenvalue weighted by atomic mass is 10.2. The maximum Gasteiger partial charge on any atom is 0.0583 e. The maximum atomic E-state index is 5.63. The van der Waals surface area contributed by atoms with Gasteiger partial charge in [-0.2, -0.15) is 11.8 Å². The Morgan fingerprint density at radius 2 is 2.50 bits per heavy atom. The molecule has 0 aliphatic carbocycles. The van der Waals surface area contributed by atoms with Crippen molar-refractivity contribution in [2.24, 2.45) is 5.73 Å². The van der Waals surface area contributed by atoms with Gasteiger partial charge in [-0.05, 0) is 31.9 Å². The fourth-order valence-electron chi connectivity index (χ4n) is 1.36. The second-order valence-corrected chi connectivity index (χ2v) is 4.63. The van der Waals surface area contributed by atoms with Gasteiger partial charge in [0.1, 0.15) is 0 Å². The topological polar surface area (TPSA) is 35.2 Å². The molecule has 2 unspecified atom stereocenters. The van der Waals surface area contributed by atoms with Gasteiger partial charge in [-0.1, -0.05) is 0 Å². The molecule has 72 valence electrons. The van der Waals surface area contributed by atoms with Gasteiger partial charge in [0.05, 0.1) is 6.10 Å². The zero-order chi connectivity index (χ0) is 8.81. The van der Waals surface area contributed by atoms with Crippen molar-refractivity contribution in [3.63, 3.8) is 0 Å². The summed E-state index contributed by atoms with van der Waals surface area (Å²) in [6.07, 6.45) is 4.27. The molecule has 2 atom stereocenters. The average molecular weight is 189 g/mol. The van der Waals surface area contributed by atoms with Crippen LogP contribution < -0.4 is 5.73 Å². The minimum absolute atomic E-state index is 0.333. The molecule has 1 aliphatic rings. The molecule has 12 heavy (non-hydrogen) atoms. The van der Waals surface area contributed by atoms with Crippen LogP contribution in [0.25, 0.3) is 0 Å². The van der Waals surface area contributed by atoms with E-state index in [1.54, 1.807) is 0 Å². The monoisotopic (exact) mass is 189 g/mol. The van der Waals surface area contributed by atoms with Gasteiger partial charge >= 0.3 is 0 Å². The van der Waals surface area contributed by atoms with E-state index >= 15 is 0 Å². The number of nitrogens with two attached hydrogens (primary N) is 1. The average Bonchev–Trinajstić information content (AvgIpc) is 2.49. The van der Waals surface area contributed by atoms with Crippen LogP contribution in [0.2, 0.25) is 0 Å². The molecule has 1 aliphatic heterocycles. The molecule has 0 saturated carbocycles. The first kappa shape index (κ1) is 10.4. The van der Waals surface area contributed by atoms with Crippen molar-refractivity contribution in [2.45, 2.75) is 38.3 Å². The van der Waals surface area contributed by atoms with E-state index in [2.05, 4.69) is 6.92 Å². The van der Waals surface area contributed by atoms with Gasteiger partial charge in [0.15, 0.2) is 0 Å². The van der Waals surface area contributed by atoms with Crippen LogP contribution in [-0.2, 0) is 4.74 Å². The molecular formula is C9H19NOS. The molecule has 0 aromatic carbocycles. The van der Waals surface area contributed by atoms with Crippen molar-refractivity contribution in [3.05, 3.63) is 0 Å². The predicted octanol–water partition coefficient (Wildman–Crippen LogP) is 1.64. The fourth-order valence-corrected chi connectivity index (χ4v) is 2.32. The molecule has 0 bridgehead atoms. The van der Waals surface area contributed by atoms with E-state index in [9.17, 15) is 0 Å². The molecule has 0 aromatic rings. The Morgan fingerprint density at radius 1 is 1.67 bits per heavy atom. The largest absolute Gasteiger partial charge is 0.378 e. The minimum Gasteiger partial charge on any atom is -0.378 e. The first-order valence-electron chi connectivity index (χ1n) is 4.74. The van der Waals surface area contributed by atoms with E-state index in [0.717, 1.165) is 12.4 Å². The molecule has 3 heteroatoms. The van der Waals surface area contributed by atoms with Gasteiger partial charge in [-0.15, -0.1) is 0 Å². The van der Waals surface area contributed by atoms with Crippen LogP contribution in [0.3, 0.4) is 0 Å². The highest BCUT2D eigenvalue weighted by atomic mass is 32.2. The van der Waals surface area contributed by atoms with Gasteiger partial charge in [0.2, 0.25) is 0 Å². The number of hydrogen-bond donors (Lipinski definition) is 1. The molecule has 0 amide bonds. The number of thioether (sulfide) groups is 1. The summed E-state index contributed by atoms with van der Waals surface area (Å²) in [5, 5.41) is 0. The second-order valence-electron chi connectivity index (χ2n) is 3.48. The second kappa shape index (κ2) is 5.84. The highest BCUT2D eigenvalue weighted by Crippen LogP contribution is 2.17. The lowest BCUT2D eigenvalue weighted by molar-refractivity contribution is 0.109. The molecule has 2 nitrogen and oxygen atoms in total. The Morgan fingerprint density at radius 3 is 3.08 bits per heavy atom. The third kappa shape index (κ3) is 4.33. The molecule has 1 saturated heterocycles. The predicted molar refractivity (Wildman–Crippen MR) is 54.6 cm³/mol. The van der Waals surface area contributed by atoms with Crippen molar-refractivity contribution < 1.29 is 4.74 Å². The van der Waals surface area contributed by atoms with E-state index in [1.165, 1.54) is 25.0 Å². The van der Waals surface area contributed by atoms with E-state index < -0.39 is 0 Å². The smallest absolute Gasteiger partial charge is 0.0583 e. The normalized spacial score (nSPS) is 26.0. The highest BCUT2D eigenvalue weighted by Gasteiger charge is 2.14. The first-order chi connectivity index (χ1) is 5.79. The van der Waals surface area contributed by atoms with Crippen LogP contribution in [0.15, 0.2) is 0 Å². The fraction of sp³-hybridized carbons (Fsp3) is 1.00. The van der Waals surface area contributed by atoms with Crippen molar-refractivity contribution in [1.82, 2.24) is 0 Å². The van der Waals surface area contributed by atoms with Gasteiger partial charge in [-0.25, -0.2) is 0 Å². The first-order valence-corrected chi connectivity index (χ1v) is 5.89. The summed E-state index contributed by atoms with van der Waals surface area (Å²) in [6, 6.07) is 0.333. The van der Waals surface area contributed by atoms with Crippen LogP contribution in [0.5, 0.6) is 0 Å². The lowest BCUT2D eigenvalue weighted by Crippen LogP contribution is -2.18. The summed E-state index contributed by atoms with van der Waals surface area (Å²) in [5.41, 5.74) is 5.63. The Labute approximate surface area is 79.2 Å². The molecular weight excluding hydrogens is 170 g/mol.